The van der Waals surface area contributed by atoms with Crippen molar-refractivity contribution in [3.05, 3.63) is 11.6 Å². The lowest BCUT2D eigenvalue weighted by Crippen LogP contribution is -2.51. The fourth-order valence-corrected chi connectivity index (χ4v) is 9.63. The normalized spacial score (nSPS) is 42.1. The predicted molar refractivity (Wildman–Crippen MR) is 138 cm³/mol. The first kappa shape index (κ1) is 25.3. The summed E-state index contributed by atoms with van der Waals surface area (Å²) in [6.45, 7) is 16.6. The Hall–Kier alpha value is -0.790. The summed E-state index contributed by atoms with van der Waals surface area (Å²) in [4.78, 5) is 11.5. The van der Waals surface area contributed by atoms with E-state index >= 15 is 0 Å². The van der Waals surface area contributed by atoms with Crippen molar-refractivity contribution < 1.29 is 9.53 Å². The van der Waals surface area contributed by atoms with Crippen molar-refractivity contribution in [1.29, 1.82) is 0 Å². The SMILES string of the molecule is CCC(CCC(C)C1CCC2C3CC=C4C[C@@H](OC(C)=O)CCC4(C)C3CCC12C)C(C)C. The Morgan fingerprint density at radius 1 is 1.06 bits per heavy atom. The fourth-order valence-electron chi connectivity index (χ4n) is 9.63. The summed E-state index contributed by atoms with van der Waals surface area (Å²) in [6, 6.07) is 0. The number of rotatable bonds is 7. The van der Waals surface area contributed by atoms with Crippen LogP contribution in [0.15, 0.2) is 11.6 Å². The Kier molecular flexibility index (Phi) is 7.43. The van der Waals surface area contributed by atoms with Crippen molar-refractivity contribution >= 4 is 5.97 Å². The highest BCUT2D eigenvalue weighted by atomic mass is 16.5. The van der Waals surface area contributed by atoms with Gasteiger partial charge in [-0.05, 0) is 104 Å². The van der Waals surface area contributed by atoms with Gasteiger partial charge in [0.05, 0.1) is 0 Å². The van der Waals surface area contributed by atoms with Gasteiger partial charge >= 0.3 is 5.97 Å². The molecule has 0 spiro atoms. The van der Waals surface area contributed by atoms with E-state index in [1.165, 1.54) is 57.8 Å². The smallest absolute Gasteiger partial charge is 0.302 e. The maximum Gasteiger partial charge on any atom is 0.302 e. The largest absolute Gasteiger partial charge is 0.462 e. The average molecular weight is 457 g/mol. The van der Waals surface area contributed by atoms with Crippen LogP contribution in [0.25, 0.3) is 0 Å². The lowest BCUT2D eigenvalue weighted by Gasteiger charge is -2.58. The Morgan fingerprint density at radius 2 is 1.82 bits per heavy atom. The molecule has 0 aromatic heterocycles. The standard InChI is InChI=1S/C31H52O2/c1-8-23(20(2)3)10-9-21(4)27-13-14-28-26-12-11-24-19-25(33-22(5)32)15-17-30(24,6)29(26)16-18-31(27,28)7/h11,20-21,23,25-29H,8-10,12-19H2,1-7H3/t21?,23?,25-,26?,27?,28?,29?,30?,31?/m0/s1. The quantitative estimate of drug-likeness (QED) is 0.283. The highest BCUT2D eigenvalue weighted by Gasteiger charge is 2.59. The molecule has 0 heterocycles. The average Bonchev–Trinajstić information content (AvgIpc) is 3.11. The van der Waals surface area contributed by atoms with Crippen LogP contribution in [0.4, 0.5) is 0 Å². The van der Waals surface area contributed by atoms with Gasteiger partial charge in [-0.1, -0.05) is 66.0 Å². The first-order valence-electron chi connectivity index (χ1n) is 14.5. The van der Waals surface area contributed by atoms with Crippen LogP contribution in [0.2, 0.25) is 0 Å². The van der Waals surface area contributed by atoms with Crippen molar-refractivity contribution in [1.82, 2.24) is 0 Å². The van der Waals surface area contributed by atoms with Gasteiger partial charge in [0.25, 0.3) is 0 Å². The number of allylic oxidation sites excluding steroid dienone is 1. The maximum absolute atomic E-state index is 11.5. The minimum atomic E-state index is -0.115. The Morgan fingerprint density at radius 3 is 2.48 bits per heavy atom. The number of hydrogen-bond acceptors (Lipinski definition) is 2. The van der Waals surface area contributed by atoms with Crippen LogP contribution in [0, 0.1) is 52.3 Å². The van der Waals surface area contributed by atoms with Gasteiger partial charge in [-0.3, -0.25) is 4.79 Å². The van der Waals surface area contributed by atoms with E-state index in [0.29, 0.717) is 10.8 Å². The second kappa shape index (κ2) is 9.69. The van der Waals surface area contributed by atoms with Crippen molar-refractivity contribution in [2.45, 2.75) is 125 Å². The molecule has 4 aliphatic rings. The Bertz CT molecular complexity index is 737. The zero-order valence-electron chi connectivity index (χ0n) is 22.8. The molecular formula is C31H52O2. The number of carbonyl (C=O) groups is 1. The molecule has 2 heteroatoms. The second-order valence-corrected chi connectivity index (χ2v) is 13.4. The van der Waals surface area contributed by atoms with Gasteiger partial charge in [0.1, 0.15) is 6.10 Å². The van der Waals surface area contributed by atoms with Crippen LogP contribution in [-0.2, 0) is 9.53 Å². The van der Waals surface area contributed by atoms with Crippen LogP contribution in [-0.4, -0.2) is 12.1 Å². The van der Waals surface area contributed by atoms with E-state index in [-0.39, 0.29) is 12.1 Å². The van der Waals surface area contributed by atoms with Gasteiger partial charge in [0, 0.05) is 13.3 Å². The minimum Gasteiger partial charge on any atom is -0.462 e. The third-order valence-electron chi connectivity index (χ3n) is 11.6. The fraction of sp³-hybridized carbons (Fsp3) is 0.903. The lowest BCUT2D eigenvalue weighted by molar-refractivity contribution is -0.148. The third kappa shape index (κ3) is 4.58. The lowest BCUT2D eigenvalue weighted by atomic mass is 9.47. The first-order chi connectivity index (χ1) is 15.6. The summed E-state index contributed by atoms with van der Waals surface area (Å²) in [5.74, 6) is 6.03. The van der Waals surface area contributed by atoms with E-state index in [9.17, 15) is 4.79 Å². The summed E-state index contributed by atoms with van der Waals surface area (Å²) in [6.07, 6.45) is 17.2. The van der Waals surface area contributed by atoms with Crippen LogP contribution in [0.1, 0.15) is 119 Å². The number of hydrogen-bond donors (Lipinski definition) is 0. The molecule has 4 rings (SSSR count). The third-order valence-corrected chi connectivity index (χ3v) is 11.6. The zero-order chi connectivity index (χ0) is 24.0. The maximum atomic E-state index is 11.5. The van der Waals surface area contributed by atoms with E-state index in [2.05, 4.69) is 47.6 Å². The number of ether oxygens (including phenoxy) is 1. The summed E-state index contributed by atoms with van der Waals surface area (Å²) in [5.41, 5.74) is 2.51. The molecule has 0 aromatic rings. The van der Waals surface area contributed by atoms with E-state index in [1.807, 2.05) is 0 Å². The zero-order valence-corrected chi connectivity index (χ0v) is 22.8. The monoisotopic (exact) mass is 456 g/mol. The molecule has 0 N–H and O–H groups in total. The molecule has 188 valence electrons. The molecule has 0 aliphatic heterocycles. The van der Waals surface area contributed by atoms with Crippen LogP contribution >= 0.6 is 0 Å². The highest BCUT2D eigenvalue weighted by Crippen LogP contribution is 2.67. The summed E-state index contributed by atoms with van der Waals surface area (Å²) >= 11 is 0. The predicted octanol–water partition coefficient (Wildman–Crippen LogP) is 8.60. The molecule has 3 fully saturated rings. The van der Waals surface area contributed by atoms with Gasteiger partial charge in [-0.25, -0.2) is 0 Å². The Balaban J connectivity index is 1.46. The van der Waals surface area contributed by atoms with E-state index in [1.54, 1.807) is 12.5 Å². The second-order valence-electron chi connectivity index (χ2n) is 13.4. The van der Waals surface area contributed by atoms with Crippen LogP contribution in [0.3, 0.4) is 0 Å². The van der Waals surface area contributed by atoms with Crippen molar-refractivity contribution in [3.63, 3.8) is 0 Å². The molecule has 0 bridgehead atoms. The topological polar surface area (TPSA) is 26.3 Å². The van der Waals surface area contributed by atoms with E-state index in [4.69, 9.17) is 4.74 Å². The molecule has 0 amide bonds. The molecule has 0 aromatic carbocycles. The molecule has 3 saturated carbocycles. The van der Waals surface area contributed by atoms with E-state index in [0.717, 1.165) is 54.3 Å². The summed E-state index contributed by atoms with van der Waals surface area (Å²) < 4.78 is 5.63. The number of esters is 1. The van der Waals surface area contributed by atoms with Gasteiger partial charge in [0.2, 0.25) is 0 Å². The van der Waals surface area contributed by atoms with Gasteiger partial charge in [-0.2, -0.15) is 0 Å². The first-order valence-corrected chi connectivity index (χ1v) is 14.5. The minimum absolute atomic E-state index is 0.113. The van der Waals surface area contributed by atoms with Gasteiger partial charge in [-0.15, -0.1) is 0 Å². The molecule has 0 radical (unpaired) electrons. The van der Waals surface area contributed by atoms with Gasteiger partial charge in [0.15, 0.2) is 0 Å². The number of carbonyl (C=O) groups excluding carboxylic acids is 1. The molecule has 33 heavy (non-hydrogen) atoms. The van der Waals surface area contributed by atoms with Crippen molar-refractivity contribution in [2.24, 2.45) is 52.3 Å². The Labute approximate surface area is 204 Å². The molecule has 0 saturated heterocycles. The molecular weight excluding hydrogens is 404 g/mol. The summed E-state index contributed by atoms with van der Waals surface area (Å²) in [7, 11) is 0. The molecule has 2 nitrogen and oxygen atoms in total. The highest BCUT2D eigenvalue weighted by molar-refractivity contribution is 5.66. The van der Waals surface area contributed by atoms with E-state index < -0.39 is 0 Å². The molecule has 9 atom stereocenters. The van der Waals surface area contributed by atoms with Crippen LogP contribution < -0.4 is 0 Å². The number of fused-ring (bicyclic) bond motifs is 5. The van der Waals surface area contributed by atoms with Gasteiger partial charge < -0.3 is 4.74 Å². The molecule has 4 aliphatic carbocycles. The molecule has 8 unspecified atom stereocenters. The van der Waals surface area contributed by atoms with Crippen molar-refractivity contribution in [3.8, 4) is 0 Å². The van der Waals surface area contributed by atoms with Crippen molar-refractivity contribution in [2.75, 3.05) is 0 Å². The van der Waals surface area contributed by atoms with Crippen LogP contribution in [0.5, 0.6) is 0 Å². The summed E-state index contributed by atoms with van der Waals surface area (Å²) in [5, 5.41) is 0.